The minimum absolute atomic E-state index is 0.221. The lowest BCUT2D eigenvalue weighted by atomic mass is 10.1. The Bertz CT molecular complexity index is 1300. The topological polar surface area (TPSA) is 76.9 Å². The fraction of sp³-hybridized carbons (Fsp3) is 0.100. The average Bonchev–Trinajstić information content (AvgIpc) is 3.18. The Balaban J connectivity index is 1.53. The lowest BCUT2D eigenvalue weighted by molar-refractivity contribution is -0.137. The maximum Gasteiger partial charge on any atom is 0.416 e. The number of carbonyl (C=O) groups excluding carboxylic acids is 1. The van der Waals surface area contributed by atoms with E-state index >= 15 is 0 Å². The molecular formula is C20H13F3N4O2S. The zero-order valence-electron chi connectivity index (χ0n) is 15.2. The molecule has 30 heavy (non-hydrogen) atoms. The first kappa shape index (κ1) is 19.8. The molecule has 2 aromatic carbocycles. The summed E-state index contributed by atoms with van der Waals surface area (Å²) in [5.74, 6) is -0.488. The molecule has 152 valence electrons. The number of halogens is 3. The van der Waals surface area contributed by atoms with E-state index in [1.165, 1.54) is 16.7 Å². The third-order valence-electron chi connectivity index (χ3n) is 4.29. The number of carbonyl (C=O) groups is 1. The second-order valence-corrected chi connectivity index (χ2v) is 7.19. The first-order chi connectivity index (χ1) is 14.3. The minimum atomic E-state index is -4.45. The number of hydrogen-bond donors (Lipinski definition) is 1. The number of benzene rings is 2. The van der Waals surface area contributed by atoms with Crippen LogP contribution in [-0.4, -0.2) is 20.4 Å². The molecule has 0 spiro atoms. The molecule has 1 N–H and O–H groups in total. The molecule has 4 aromatic rings. The van der Waals surface area contributed by atoms with Crippen molar-refractivity contribution >= 4 is 33.4 Å². The normalized spacial score (nSPS) is 11.6. The minimum Gasteiger partial charge on any atom is -0.300 e. The zero-order valence-corrected chi connectivity index (χ0v) is 16.0. The summed E-state index contributed by atoms with van der Waals surface area (Å²) in [6.45, 7) is -0.250. The maximum atomic E-state index is 12.9. The van der Waals surface area contributed by atoms with E-state index in [1.54, 1.807) is 29.6 Å². The largest absolute Gasteiger partial charge is 0.416 e. The molecule has 10 heteroatoms. The molecule has 0 bridgehead atoms. The van der Waals surface area contributed by atoms with Gasteiger partial charge in [-0.1, -0.05) is 24.3 Å². The molecule has 2 aromatic heterocycles. The smallest absolute Gasteiger partial charge is 0.300 e. The summed E-state index contributed by atoms with van der Waals surface area (Å²) in [5, 5.41) is 4.36. The van der Waals surface area contributed by atoms with Gasteiger partial charge in [0, 0.05) is 10.9 Å². The molecule has 2 heterocycles. The van der Waals surface area contributed by atoms with Gasteiger partial charge in [0.2, 0.25) is 5.91 Å². The molecule has 0 atom stereocenters. The summed E-state index contributed by atoms with van der Waals surface area (Å²) >= 11 is 1.08. The van der Waals surface area contributed by atoms with Gasteiger partial charge in [-0.25, -0.2) is 9.97 Å². The van der Waals surface area contributed by atoms with Crippen LogP contribution in [0, 0.1) is 0 Å². The van der Waals surface area contributed by atoms with E-state index in [1.807, 2.05) is 0 Å². The number of para-hydroxylation sites is 2. The summed E-state index contributed by atoms with van der Waals surface area (Å²) in [6.07, 6.45) is -3.31. The van der Waals surface area contributed by atoms with Gasteiger partial charge >= 0.3 is 6.18 Å². The molecule has 0 saturated heterocycles. The Kier molecular flexibility index (Phi) is 5.08. The summed E-state index contributed by atoms with van der Waals surface area (Å²) in [7, 11) is 0. The number of rotatable bonds is 4. The molecule has 6 nitrogen and oxygen atoms in total. The molecule has 0 radical (unpaired) electrons. The van der Waals surface area contributed by atoms with Crippen LogP contribution in [0.2, 0.25) is 0 Å². The number of nitrogens with one attached hydrogen (secondary N) is 1. The number of anilines is 1. The molecule has 0 aliphatic heterocycles. The summed E-state index contributed by atoms with van der Waals surface area (Å²) in [6, 6.07) is 11.7. The number of alkyl halides is 3. The Hall–Kier alpha value is -3.53. The van der Waals surface area contributed by atoms with Gasteiger partial charge in [0.25, 0.3) is 5.56 Å². The van der Waals surface area contributed by atoms with Crippen molar-refractivity contribution in [3.8, 4) is 11.3 Å². The molecule has 1 amide bonds. The summed E-state index contributed by atoms with van der Waals surface area (Å²) < 4.78 is 40.0. The number of amides is 1. The van der Waals surface area contributed by atoms with Crippen molar-refractivity contribution in [3.05, 3.63) is 76.0 Å². The van der Waals surface area contributed by atoms with Crippen molar-refractivity contribution in [3.63, 3.8) is 0 Å². The van der Waals surface area contributed by atoms with Gasteiger partial charge in [0.1, 0.15) is 6.54 Å². The van der Waals surface area contributed by atoms with Gasteiger partial charge in [-0.05, 0) is 24.3 Å². The molecule has 0 aliphatic carbocycles. The fourth-order valence-electron chi connectivity index (χ4n) is 2.90. The first-order valence-electron chi connectivity index (χ1n) is 8.69. The SMILES string of the molecule is O=C(Cn1c(=O)cnc2ccccc21)Nc1nc(-c2cccc(C(F)(F)F)c2)cs1. The maximum absolute atomic E-state index is 12.9. The number of hydrogen-bond acceptors (Lipinski definition) is 5. The fourth-order valence-corrected chi connectivity index (χ4v) is 3.63. The van der Waals surface area contributed by atoms with E-state index in [0.717, 1.165) is 29.7 Å². The highest BCUT2D eigenvalue weighted by atomic mass is 32.1. The van der Waals surface area contributed by atoms with E-state index in [0.29, 0.717) is 16.7 Å². The van der Waals surface area contributed by atoms with E-state index < -0.39 is 23.2 Å². The highest BCUT2D eigenvalue weighted by molar-refractivity contribution is 7.14. The Morgan fingerprint density at radius 2 is 1.93 bits per heavy atom. The number of fused-ring (bicyclic) bond motifs is 1. The van der Waals surface area contributed by atoms with Crippen LogP contribution in [0.3, 0.4) is 0 Å². The molecule has 4 rings (SSSR count). The van der Waals surface area contributed by atoms with Crippen molar-refractivity contribution < 1.29 is 18.0 Å². The molecule has 0 saturated carbocycles. The Morgan fingerprint density at radius 1 is 1.13 bits per heavy atom. The van der Waals surface area contributed by atoms with Crippen LogP contribution in [0.15, 0.2) is 64.9 Å². The average molecular weight is 430 g/mol. The van der Waals surface area contributed by atoms with Crippen molar-refractivity contribution in [1.29, 1.82) is 0 Å². The number of aromatic nitrogens is 3. The second-order valence-electron chi connectivity index (χ2n) is 6.34. The standard InChI is InChI=1S/C20H13F3N4O2S/c21-20(22,23)13-5-3-4-12(8-13)15-11-30-19(25-15)26-17(28)10-27-16-7-2-1-6-14(16)24-9-18(27)29/h1-9,11H,10H2,(H,25,26,28). The lowest BCUT2D eigenvalue weighted by Crippen LogP contribution is -2.27. The van der Waals surface area contributed by atoms with Crippen LogP contribution >= 0.6 is 11.3 Å². The lowest BCUT2D eigenvalue weighted by Gasteiger charge is -2.09. The van der Waals surface area contributed by atoms with Gasteiger partial charge in [-0.3, -0.25) is 14.2 Å². The first-order valence-corrected chi connectivity index (χ1v) is 9.57. The number of nitrogens with zero attached hydrogens (tertiary/aromatic N) is 3. The van der Waals surface area contributed by atoms with Crippen molar-refractivity contribution in [1.82, 2.24) is 14.5 Å². The van der Waals surface area contributed by atoms with Crippen LogP contribution in [0.1, 0.15) is 5.56 Å². The molecule has 0 unspecified atom stereocenters. The Morgan fingerprint density at radius 3 is 2.73 bits per heavy atom. The van der Waals surface area contributed by atoms with Crippen molar-refractivity contribution in [2.75, 3.05) is 5.32 Å². The van der Waals surface area contributed by atoms with Crippen molar-refractivity contribution in [2.24, 2.45) is 0 Å². The summed E-state index contributed by atoms with van der Waals surface area (Å²) in [4.78, 5) is 32.8. The van der Waals surface area contributed by atoms with Gasteiger partial charge in [0.05, 0.1) is 28.5 Å². The van der Waals surface area contributed by atoms with Crippen LogP contribution in [0.4, 0.5) is 18.3 Å². The van der Waals surface area contributed by atoms with Crippen LogP contribution in [0.5, 0.6) is 0 Å². The highest BCUT2D eigenvalue weighted by Crippen LogP contribution is 2.33. The van der Waals surface area contributed by atoms with Crippen LogP contribution in [-0.2, 0) is 17.5 Å². The molecule has 0 fully saturated rings. The van der Waals surface area contributed by atoms with E-state index in [-0.39, 0.29) is 17.2 Å². The van der Waals surface area contributed by atoms with E-state index in [9.17, 15) is 22.8 Å². The zero-order chi connectivity index (χ0) is 21.3. The third kappa shape index (κ3) is 4.08. The van der Waals surface area contributed by atoms with Crippen molar-refractivity contribution in [2.45, 2.75) is 12.7 Å². The van der Waals surface area contributed by atoms with Gasteiger partial charge in [-0.2, -0.15) is 13.2 Å². The Labute approximate surface area is 171 Å². The number of thiazole rings is 1. The van der Waals surface area contributed by atoms with Crippen LogP contribution in [0.25, 0.3) is 22.3 Å². The summed E-state index contributed by atoms with van der Waals surface area (Å²) in [5.41, 5.74) is 0.496. The van der Waals surface area contributed by atoms with Crippen LogP contribution < -0.4 is 10.9 Å². The predicted octanol–water partition coefficient (Wildman–Crippen LogP) is 4.18. The van der Waals surface area contributed by atoms with Gasteiger partial charge < -0.3 is 5.32 Å². The monoisotopic (exact) mass is 430 g/mol. The molecular weight excluding hydrogens is 417 g/mol. The second kappa shape index (κ2) is 7.71. The highest BCUT2D eigenvalue weighted by Gasteiger charge is 2.30. The van der Waals surface area contributed by atoms with E-state index in [4.69, 9.17) is 0 Å². The quantitative estimate of drug-likeness (QED) is 0.527. The third-order valence-corrected chi connectivity index (χ3v) is 5.05. The predicted molar refractivity (Wildman–Crippen MR) is 107 cm³/mol. The molecule has 0 aliphatic rings. The van der Waals surface area contributed by atoms with E-state index in [2.05, 4.69) is 15.3 Å². The van der Waals surface area contributed by atoms with Gasteiger partial charge in [-0.15, -0.1) is 11.3 Å². The van der Waals surface area contributed by atoms with Gasteiger partial charge in [0.15, 0.2) is 5.13 Å².